The van der Waals surface area contributed by atoms with Gasteiger partial charge >= 0.3 is 0 Å². The van der Waals surface area contributed by atoms with Gasteiger partial charge in [-0.15, -0.1) is 0 Å². The van der Waals surface area contributed by atoms with Gasteiger partial charge in [0.1, 0.15) is 5.82 Å². The highest BCUT2D eigenvalue weighted by Gasteiger charge is 2.13. The molecule has 3 aromatic carbocycles. The number of nitrogens with zero attached hydrogens (tertiary/aromatic N) is 3. The van der Waals surface area contributed by atoms with Crippen LogP contribution < -0.4 is 16.2 Å². The van der Waals surface area contributed by atoms with Crippen molar-refractivity contribution in [2.75, 3.05) is 10.6 Å². The van der Waals surface area contributed by atoms with E-state index in [1.54, 1.807) is 44.3 Å². The minimum absolute atomic E-state index is 0.144. The number of rotatable bonds is 6. The Hall–Kier alpha value is -4.51. The number of hydrogen-bond acceptors (Lipinski definition) is 5. The molecule has 0 aliphatic carbocycles. The van der Waals surface area contributed by atoms with E-state index in [0.29, 0.717) is 34.3 Å². The van der Waals surface area contributed by atoms with Crippen molar-refractivity contribution in [3.05, 3.63) is 93.8 Å². The van der Waals surface area contributed by atoms with Crippen molar-refractivity contribution in [1.29, 1.82) is 5.26 Å². The van der Waals surface area contributed by atoms with Crippen molar-refractivity contribution in [3.63, 3.8) is 0 Å². The number of anilines is 3. The molecular weight excluding hydrogens is 445 g/mol. The smallest absolute Gasteiger partial charge is 0.260 e. The molecule has 0 aliphatic heterocycles. The summed E-state index contributed by atoms with van der Waals surface area (Å²) in [4.78, 5) is 29.5. The van der Waals surface area contributed by atoms with Gasteiger partial charge in [0, 0.05) is 35.6 Å². The molecule has 4 rings (SSSR count). The summed E-state index contributed by atoms with van der Waals surface area (Å²) in [7, 11) is 1.65. The van der Waals surface area contributed by atoms with E-state index in [4.69, 9.17) is 5.26 Å². The standard InChI is InChI=1S/C27H24FN5O2/c1-16(14-29)8-18-9-19(11-20(28)10-18)26(34)32-22-5-4-17(2)25(13-22)31-21-6-7-24-23(12-21)27(35)33(3)15-30-24/h4-7,9-13,15-16,31H,8H2,1-3H3,(H,32,34). The first-order valence-electron chi connectivity index (χ1n) is 11.1. The molecule has 1 amide bonds. The molecule has 1 heterocycles. The van der Waals surface area contributed by atoms with Gasteiger partial charge in [-0.2, -0.15) is 5.26 Å². The van der Waals surface area contributed by atoms with Crippen LogP contribution in [0, 0.1) is 30.0 Å². The Morgan fingerprint density at radius 1 is 1.14 bits per heavy atom. The zero-order chi connectivity index (χ0) is 25.1. The molecule has 1 aromatic heterocycles. The summed E-state index contributed by atoms with van der Waals surface area (Å²) in [6.07, 6.45) is 1.84. The molecular formula is C27H24FN5O2. The Bertz CT molecular complexity index is 1540. The second-order valence-corrected chi connectivity index (χ2v) is 8.58. The van der Waals surface area contributed by atoms with Crippen LogP contribution in [0.4, 0.5) is 21.5 Å². The van der Waals surface area contributed by atoms with Gasteiger partial charge in [0.15, 0.2) is 0 Å². The van der Waals surface area contributed by atoms with Gasteiger partial charge in [0.2, 0.25) is 0 Å². The predicted octanol–water partition coefficient (Wildman–Crippen LogP) is 5.08. The normalized spacial score (nSPS) is 11.6. The van der Waals surface area contributed by atoms with Crippen LogP contribution in [0.5, 0.6) is 0 Å². The number of hydrogen-bond donors (Lipinski definition) is 2. The van der Waals surface area contributed by atoms with E-state index < -0.39 is 11.7 Å². The minimum atomic E-state index is -0.527. The molecule has 4 aromatic rings. The molecule has 0 bridgehead atoms. The zero-order valence-electron chi connectivity index (χ0n) is 19.6. The monoisotopic (exact) mass is 469 g/mol. The molecule has 176 valence electrons. The maximum absolute atomic E-state index is 14.1. The Labute approximate surface area is 201 Å². The van der Waals surface area contributed by atoms with E-state index in [1.807, 2.05) is 19.1 Å². The van der Waals surface area contributed by atoms with Gasteiger partial charge in [-0.25, -0.2) is 9.37 Å². The Kier molecular flexibility index (Phi) is 6.60. The SMILES string of the molecule is Cc1ccc(NC(=O)c2cc(F)cc(CC(C)C#N)c2)cc1Nc1ccc2ncn(C)c(=O)c2c1. The molecule has 7 nitrogen and oxygen atoms in total. The molecule has 0 aliphatic rings. The van der Waals surface area contributed by atoms with Crippen LogP contribution in [0.1, 0.15) is 28.4 Å². The summed E-state index contributed by atoms with van der Waals surface area (Å²) in [6, 6.07) is 17.0. The first-order chi connectivity index (χ1) is 16.7. The Balaban J connectivity index is 1.57. The first-order valence-corrected chi connectivity index (χ1v) is 11.1. The number of nitrogens with one attached hydrogen (secondary N) is 2. The van der Waals surface area contributed by atoms with Crippen molar-refractivity contribution in [3.8, 4) is 6.07 Å². The Morgan fingerprint density at radius 3 is 2.69 bits per heavy atom. The van der Waals surface area contributed by atoms with E-state index in [9.17, 15) is 14.0 Å². The van der Waals surface area contributed by atoms with Crippen LogP contribution in [-0.2, 0) is 13.5 Å². The molecule has 0 saturated carbocycles. The molecule has 2 N–H and O–H groups in total. The quantitative estimate of drug-likeness (QED) is 0.410. The van der Waals surface area contributed by atoms with Crippen molar-refractivity contribution >= 4 is 33.9 Å². The third-order valence-corrected chi connectivity index (χ3v) is 5.67. The number of aryl methyl sites for hydroxylation is 2. The van der Waals surface area contributed by atoms with Crippen molar-refractivity contribution in [2.24, 2.45) is 13.0 Å². The third-order valence-electron chi connectivity index (χ3n) is 5.67. The number of halogens is 1. The molecule has 1 atom stereocenters. The van der Waals surface area contributed by atoms with E-state index in [-0.39, 0.29) is 17.0 Å². The largest absolute Gasteiger partial charge is 0.355 e. The lowest BCUT2D eigenvalue weighted by Gasteiger charge is -2.13. The minimum Gasteiger partial charge on any atom is -0.355 e. The number of fused-ring (bicyclic) bond motifs is 1. The highest BCUT2D eigenvalue weighted by Crippen LogP contribution is 2.26. The summed E-state index contributed by atoms with van der Waals surface area (Å²) >= 11 is 0. The second kappa shape index (κ2) is 9.77. The fourth-order valence-corrected chi connectivity index (χ4v) is 3.78. The van der Waals surface area contributed by atoms with Crippen molar-refractivity contribution in [2.45, 2.75) is 20.3 Å². The van der Waals surface area contributed by atoms with Crippen molar-refractivity contribution < 1.29 is 9.18 Å². The number of amides is 1. The lowest BCUT2D eigenvalue weighted by atomic mass is 10.00. The van der Waals surface area contributed by atoms with E-state index in [0.717, 1.165) is 11.3 Å². The van der Waals surface area contributed by atoms with E-state index in [2.05, 4.69) is 21.7 Å². The molecule has 35 heavy (non-hydrogen) atoms. The van der Waals surface area contributed by atoms with Gasteiger partial charge in [0.05, 0.1) is 23.3 Å². The van der Waals surface area contributed by atoms with Crippen LogP contribution >= 0.6 is 0 Å². The second-order valence-electron chi connectivity index (χ2n) is 8.58. The average Bonchev–Trinajstić information content (AvgIpc) is 2.83. The first kappa shape index (κ1) is 23.6. The summed E-state index contributed by atoms with van der Waals surface area (Å²) in [5, 5.41) is 15.6. The van der Waals surface area contributed by atoms with Crippen LogP contribution in [0.25, 0.3) is 10.9 Å². The maximum Gasteiger partial charge on any atom is 0.260 e. The fourth-order valence-electron chi connectivity index (χ4n) is 3.78. The van der Waals surface area contributed by atoms with Crippen LogP contribution in [0.15, 0.2) is 65.7 Å². The summed E-state index contributed by atoms with van der Waals surface area (Å²) < 4.78 is 15.5. The third kappa shape index (κ3) is 5.36. The van der Waals surface area contributed by atoms with Gasteiger partial charge in [0.25, 0.3) is 11.5 Å². The van der Waals surface area contributed by atoms with Crippen LogP contribution in [-0.4, -0.2) is 15.5 Å². The fraction of sp³-hybridized carbons (Fsp3) is 0.185. The zero-order valence-corrected chi connectivity index (χ0v) is 19.6. The highest BCUT2D eigenvalue weighted by atomic mass is 19.1. The van der Waals surface area contributed by atoms with E-state index in [1.165, 1.54) is 23.0 Å². The van der Waals surface area contributed by atoms with E-state index >= 15 is 0 Å². The molecule has 8 heteroatoms. The topological polar surface area (TPSA) is 99.8 Å². The molecule has 0 radical (unpaired) electrons. The summed E-state index contributed by atoms with van der Waals surface area (Å²) in [5.74, 6) is -1.27. The summed E-state index contributed by atoms with van der Waals surface area (Å²) in [5.41, 5.74) is 4.13. The number of aromatic nitrogens is 2. The molecule has 0 fully saturated rings. The Morgan fingerprint density at radius 2 is 1.91 bits per heavy atom. The molecule has 1 unspecified atom stereocenters. The van der Waals surface area contributed by atoms with Gasteiger partial charge < -0.3 is 15.2 Å². The van der Waals surface area contributed by atoms with Gasteiger partial charge in [-0.3, -0.25) is 9.59 Å². The summed E-state index contributed by atoms with van der Waals surface area (Å²) in [6.45, 7) is 3.67. The maximum atomic E-state index is 14.1. The number of carbonyl (C=O) groups is 1. The van der Waals surface area contributed by atoms with Gasteiger partial charge in [-0.1, -0.05) is 6.07 Å². The number of nitriles is 1. The molecule has 0 spiro atoms. The lowest BCUT2D eigenvalue weighted by Crippen LogP contribution is -2.16. The predicted molar refractivity (Wildman–Crippen MR) is 134 cm³/mol. The molecule has 0 saturated heterocycles. The number of carbonyl (C=O) groups excluding carboxylic acids is 1. The lowest BCUT2D eigenvalue weighted by molar-refractivity contribution is 0.102. The number of benzene rings is 3. The van der Waals surface area contributed by atoms with Crippen LogP contribution in [0.3, 0.4) is 0 Å². The highest BCUT2D eigenvalue weighted by molar-refractivity contribution is 6.04. The average molecular weight is 470 g/mol. The van der Waals surface area contributed by atoms with Crippen molar-refractivity contribution in [1.82, 2.24) is 9.55 Å². The van der Waals surface area contributed by atoms with Crippen LogP contribution in [0.2, 0.25) is 0 Å². The van der Waals surface area contributed by atoms with Gasteiger partial charge in [-0.05, 0) is 79.9 Å².